The highest BCUT2D eigenvalue weighted by Gasteiger charge is 2.24. The molecule has 0 spiro atoms. The summed E-state index contributed by atoms with van der Waals surface area (Å²) in [7, 11) is -1.67. The molecule has 1 heterocycles. The molecule has 6 nitrogen and oxygen atoms in total. The summed E-state index contributed by atoms with van der Waals surface area (Å²) in [5.74, 6) is -0.0888. The van der Waals surface area contributed by atoms with Crippen LogP contribution in [0.1, 0.15) is 25.7 Å². The van der Waals surface area contributed by atoms with Crippen molar-refractivity contribution in [2.45, 2.75) is 36.7 Å². The minimum Gasteiger partial charge on any atom is -0.462 e. The summed E-state index contributed by atoms with van der Waals surface area (Å²) in [5, 5.41) is 0. The Morgan fingerprint density at radius 2 is 1.88 bits per heavy atom. The molecule has 26 heavy (non-hydrogen) atoms. The molecule has 0 N–H and O–H groups in total. The molecule has 0 radical (unpaired) electrons. The molecule has 0 amide bonds. The molecule has 1 saturated heterocycles. The molecule has 0 aromatic heterocycles. The normalized spacial score (nSPS) is 16.5. The van der Waals surface area contributed by atoms with Gasteiger partial charge < -0.3 is 14.4 Å². The minimum absolute atomic E-state index is 0.0654. The van der Waals surface area contributed by atoms with Gasteiger partial charge in [0.2, 0.25) is 0 Å². The summed E-state index contributed by atoms with van der Waals surface area (Å²) in [6.45, 7) is 2.53. The number of carbonyl (C=O) groups excluding carboxylic acids is 1. The first-order chi connectivity index (χ1) is 12.4. The quantitative estimate of drug-likeness (QED) is 0.427. The van der Waals surface area contributed by atoms with Gasteiger partial charge in [0.05, 0.1) is 10.6 Å². The van der Waals surface area contributed by atoms with Gasteiger partial charge in [-0.05, 0) is 43.5 Å². The topological polar surface area (TPSA) is 72.9 Å². The second-order valence-electron chi connectivity index (χ2n) is 6.40. The van der Waals surface area contributed by atoms with Gasteiger partial charge in [0.25, 0.3) is 0 Å². The Morgan fingerprint density at radius 3 is 2.50 bits per heavy atom. The van der Waals surface area contributed by atoms with Crippen molar-refractivity contribution in [2.75, 3.05) is 39.1 Å². The third-order valence-electron chi connectivity index (χ3n) is 4.41. The Bertz CT molecular complexity index is 669. The number of rotatable bonds is 9. The van der Waals surface area contributed by atoms with Crippen LogP contribution in [-0.4, -0.2) is 64.5 Å². The van der Waals surface area contributed by atoms with Gasteiger partial charge in [-0.25, -0.2) is 8.42 Å². The van der Waals surface area contributed by atoms with Crippen molar-refractivity contribution >= 4 is 31.7 Å². The number of hydrogen-bond donors (Lipinski definition) is 0. The maximum absolute atomic E-state index is 12.4. The van der Waals surface area contributed by atoms with E-state index >= 15 is 0 Å². The van der Waals surface area contributed by atoms with Gasteiger partial charge >= 0.3 is 5.97 Å². The number of hydrogen-bond acceptors (Lipinski definition) is 6. The Balaban J connectivity index is 1.71. The first kappa shape index (κ1) is 21.3. The number of sulfone groups is 1. The van der Waals surface area contributed by atoms with Gasteiger partial charge in [-0.15, -0.1) is 0 Å². The number of methoxy groups -OCH3 is 1. The number of halogens is 1. The number of ether oxygens (including phenoxy) is 2. The van der Waals surface area contributed by atoms with E-state index in [1.165, 1.54) is 0 Å². The van der Waals surface area contributed by atoms with Crippen molar-refractivity contribution in [2.24, 2.45) is 0 Å². The van der Waals surface area contributed by atoms with Crippen molar-refractivity contribution in [3.05, 3.63) is 28.7 Å². The van der Waals surface area contributed by atoms with Crippen LogP contribution in [0.25, 0.3) is 0 Å². The van der Waals surface area contributed by atoms with Gasteiger partial charge in [0.15, 0.2) is 9.84 Å². The Morgan fingerprint density at radius 1 is 1.23 bits per heavy atom. The zero-order chi connectivity index (χ0) is 19.0. The Hall–Kier alpha value is -0.960. The second kappa shape index (κ2) is 10.4. The fourth-order valence-corrected chi connectivity index (χ4v) is 4.41. The molecule has 0 atom stereocenters. The van der Waals surface area contributed by atoms with E-state index in [1.807, 2.05) is 0 Å². The summed E-state index contributed by atoms with van der Waals surface area (Å²) >= 11 is 3.31. The molecule has 1 aliphatic heterocycles. The molecule has 0 aliphatic carbocycles. The lowest BCUT2D eigenvalue weighted by molar-refractivity contribution is -0.151. The third kappa shape index (κ3) is 6.98. The van der Waals surface area contributed by atoms with E-state index in [0.29, 0.717) is 30.9 Å². The molecule has 0 unspecified atom stereocenters. The van der Waals surface area contributed by atoms with E-state index in [1.54, 1.807) is 31.4 Å². The molecule has 1 aromatic carbocycles. The van der Waals surface area contributed by atoms with Gasteiger partial charge in [-0.2, -0.15) is 0 Å². The van der Waals surface area contributed by atoms with Crippen LogP contribution in [0.4, 0.5) is 0 Å². The number of piperidine rings is 1. The van der Waals surface area contributed by atoms with Crippen molar-refractivity contribution < 1.29 is 22.7 Å². The zero-order valence-corrected chi connectivity index (χ0v) is 17.4. The highest BCUT2D eigenvalue weighted by molar-refractivity contribution is 9.10. The fourth-order valence-electron chi connectivity index (χ4n) is 2.87. The smallest absolute Gasteiger partial charge is 0.306 e. The number of benzene rings is 1. The molecule has 0 bridgehead atoms. The van der Waals surface area contributed by atoms with Crippen molar-refractivity contribution in [3.63, 3.8) is 0 Å². The van der Waals surface area contributed by atoms with E-state index in [-0.39, 0.29) is 17.8 Å². The van der Waals surface area contributed by atoms with Crippen LogP contribution in [0.15, 0.2) is 33.6 Å². The minimum atomic E-state index is -3.28. The fraction of sp³-hybridized carbons (Fsp3) is 0.611. The lowest BCUT2D eigenvalue weighted by Gasteiger charge is -2.31. The standard InChI is InChI=1S/C18H26BrNO5S/c1-24-13-2-3-18(21)25-16-8-10-20(11-9-16)12-14-26(22,23)17-6-4-15(19)5-7-17/h4-7,16H,2-3,8-14H2,1H3. The molecular formula is C18H26BrNO5S. The Kier molecular flexibility index (Phi) is 8.53. The van der Waals surface area contributed by atoms with Crippen LogP contribution in [0.3, 0.4) is 0 Å². The average Bonchev–Trinajstić information content (AvgIpc) is 2.62. The van der Waals surface area contributed by atoms with Gasteiger partial charge in [-0.3, -0.25) is 4.79 Å². The summed E-state index contributed by atoms with van der Waals surface area (Å²) in [4.78, 5) is 14.2. The summed E-state index contributed by atoms with van der Waals surface area (Å²) in [6, 6.07) is 6.71. The number of esters is 1. The van der Waals surface area contributed by atoms with Crippen molar-refractivity contribution in [1.29, 1.82) is 0 Å². The third-order valence-corrected chi connectivity index (χ3v) is 6.65. The van der Waals surface area contributed by atoms with E-state index in [4.69, 9.17) is 9.47 Å². The molecule has 1 aromatic rings. The maximum Gasteiger partial charge on any atom is 0.306 e. The average molecular weight is 448 g/mol. The van der Waals surface area contributed by atoms with Crippen molar-refractivity contribution in [1.82, 2.24) is 4.90 Å². The van der Waals surface area contributed by atoms with E-state index in [9.17, 15) is 13.2 Å². The van der Waals surface area contributed by atoms with Crippen molar-refractivity contribution in [3.8, 4) is 0 Å². The summed E-state index contributed by atoms with van der Waals surface area (Å²) in [5.41, 5.74) is 0. The van der Waals surface area contributed by atoms with Gasteiger partial charge in [0.1, 0.15) is 6.10 Å². The first-order valence-corrected chi connectivity index (χ1v) is 11.2. The van der Waals surface area contributed by atoms with Gasteiger partial charge in [-0.1, -0.05) is 15.9 Å². The molecule has 1 fully saturated rings. The van der Waals surface area contributed by atoms with Crippen LogP contribution >= 0.6 is 15.9 Å². The second-order valence-corrected chi connectivity index (χ2v) is 9.42. The van der Waals surface area contributed by atoms with Crippen LogP contribution in [0, 0.1) is 0 Å². The van der Waals surface area contributed by atoms with Gasteiger partial charge in [0, 0.05) is 44.2 Å². The van der Waals surface area contributed by atoms with Crippen LogP contribution in [0.5, 0.6) is 0 Å². The molecule has 0 saturated carbocycles. The highest BCUT2D eigenvalue weighted by atomic mass is 79.9. The summed E-state index contributed by atoms with van der Waals surface area (Å²) in [6.07, 6.45) is 2.47. The molecule has 146 valence electrons. The van der Waals surface area contributed by atoms with Crippen LogP contribution in [-0.2, 0) is 24.1 Å². The zero-order valence-electron chi connectivity index (χ0n) is 15.0. The van der Waals surface area contributed by atoms with Crippen LogP contribution in [0.2, 0.25) is 0 Å². The summed E-state index contributed by atoms with van der Waals surface area (Å²) < 4.78 is 36.0. The SMILES string of the molecule is COCCCC(=O)OC1CCN(CCS(=O)(=O)c2ccc(Br)cc2)CC1. The first-order valence-electron chi connectivity index (χ1n) is 8.80. The monoisotopic (exact) mass is 447 g/mol. The van der Waals surface area contributed by atoms with E-state index in [0.717, 1.165) is 30.4 Å². The van der Waals surface area contributed by atoms with E-state index in [2.05, 4.69) is 20.8 Å². The number of nitrogens with zero attached hydrogens (tertiary/aromatic N) is 1. The highest BCUT2D eigenvalue weighted by Crippen LogP contribution is 2.18. The van der Waals surface area contributed by atoms with E-state index < -0.39 is 9.84 Å². The predicted octanol–water partition coefficient (Wildman–Crippen LogP) is 2.66. The largest absolute Gasteiger partial charge is 0.462 e. The molecule has 8 heteroatoms. The lowest BCUT2D eigenvalue weighted by atomic mass is 10.1. The lowest BCUT2D eigenvalue weighted by Crippen LogP contribution is -2.40. The molecule has 2 rings (SSSR count). The number of carbonyl (C=O) groups is 1. The molecular weight excluding hydrogens is 422 g/mol. The predicted molar refractivity (Wildman–Crippen MR) is 103 cm³/mol. The Labute approximate surface area is 163 Å². The maximum atomic E-state index is 12.4. The molecule has 1 aliphatic rings. The van der Waals surface area contributed by atoms with Crippen LogP contribution < -0.4 is 0 Å². The number of likely N-dealkylation sites (tertiary alicyclic amines) is 1.